The molecule has 3 rings (SSSR count). The van der Waals surface area contributed by atoms with Crippen LogP contribution in [0.3, 0.4) is 0 Å². The van der Waals surface area contributed by atoms with Crippen molar-refractivity contribution < 1.29 is 14.3 Å². The summed E-state index contributed by atoms with van der Waals surface area (Å²) < 4.78 is 6.00. The zero-order chi connectivity index (χ0) is 17.1. The lowest BCUT2D eigenvalue weighted by atomic mass is 10.2. The van der Waals surface area contributed by atoms with E-state index >= 15 is 0 Å². The zero-order valence-corrected chi connectivity index (χ0v) is 14.5. The van der Waals surface area contributed by atoms with Crippen molar-refractivity contribution in [3.63, 3.8) is 0 Å². The maximum Gasteiger partial charge on any atom is 0.340 e. The van der Waals surface area contributed by atoms with Gasteiger partial charge in [-0.15, -0.1) is 0 Å². The molecule has 122 valence electrons. The summed E-state index contributed by atoms with van der Waals surface area (Å²) in [5.41, 5.74) is 2.97. The lowest BCUT2D eigenvalue weighted by Crippen LogP contribution is -2.20. The number of fused-ring (bicyclic) bond motifs is 1. The van der Waals surface area contributed by atoms with Crippen molar-refractivity contribution in [3.8, 4) is 0 Å². The van der Waals surface area contributed by atoms with Crippen LogP contribution in [0.5, 0.6) is 0 Å². The van der Waals surface area contributed by atoms with E-state index in [1.807, 2.05) is 37.3 Å². The average Bonchev–Trinajstić information content (AvgIpc) is 3.00. The van der Waals surface area contributed by atoms with Crippen molar-refractivity contribution in [1.82, 2.24) is 4.98 Å². The Hall–Kier alpha value is -2.60. The van der Waals surface area contributed by atoms with Crippen LogP contribution in [-0.4, -0.2) is 23.5 Å². The summed E-state index contributed by atoms with van der Waals surface area (Å²) in [6.07, 6.45) is 1.59. The molecule has 24 heavy (non-hydrogen) atoms. The highest BCUT2D eigenvalue weighted by Crippen LogP contribution is 2.21. The first kappa shape index (κ1) is 16.3. The Kier molecular flexibility index (Phi) is 4.66. The lowest BCUT2D eigenvalue weighted by molar-refractivity contribution is -0.119. The molecule has 0 saturated heterocycles. The summed E-state index contributed by atoms with van der Waals surface area (Å²) in [7, 11) is 0. The number of benzene rings is 2. The van der Waals surface area contributed by atoms with Crippen LogP contribution in [0.15, 0.2) is 53.1 Å². The molecule has 5 nitrogen and oxygen atoms in total. The molecule has 3 aromatic rings. The Balaban J connectivity index is 1.61. The molecule has 6 heteroatoms. The van der Waals surface area contributed by atoms with Gasteiger partial charge in [-0.2, -0.15) is 0 Å². The number of ether oxygens (including phenoxy) is 1. The standard InChI is InChI=1S/C18H15BrN2O3/c1-11-6-7-12(8-15(11)19)21-17(22)10-24-18(23)14-9-20-16-5-3-2-4-13(14)16/h2-9,20H,10H2,1H3,(H,21,22). The highest BCUT2D eigenvalue weighted by molar-refractivity contribution is 9.10. The number of hydrogen-bond donors (Lipinski definition) is 2. The maximum absolute atomic E-state index is 12.1. The van der Waals surface area contributed by atoms with E-state index in [1.54, 1.807) is 18.3 Å². The normalized spacial score (nSPS) is 10.6. The number of anilines is 1. The number of aromatic nitrogens is 1. The number of H-pyrrole nitrogens is 1. The average molecular weight is 387 g/mol. The summed E-state index contributed by atoms with van der Waals surface area (Å²) in [5.74, 6) is -0.924. The van der Waals surface area contributed by atoms with Crippen molar-refractivity contribution in [2.24, 2.45) is 0 Å². The topological polar surface area (TPSA) is 71.2 Å². The first-order valence-electron chi connectivity index (χ1n) is 7.34. The highest BCUT2D eigenvalue weighted by Gasteiger charge is 2.14. The van der Waals surface area contributed by atoms with Crippen molar-refractivity contribution in [1.29, 1.82) is 0 Å². The number of rotatable bonds is 4. The fraction of sp³-hybridized carbons (Fsp3) is 0.111. The van der Waals surface area contributed by atoms with Gasteiger partial charge in [0, 0.05) is 27.3 Å². The van der Waals surface area contributed by atoms with Crippen LogP contribution in [0.2, 0.25) is 0 Å². The summed E-state index contributed by atoms with van der Waals surface area (Å²) >= 11 is 3.41. The Labute approximate surface area is 147 Å². The number of amides is 1. The second-order valence-corrected chi connectivity index (χ2v) is 6.19. The van der Waals surface area contributed by atoms with E-state index in [-0.39, 0.29) is 12.5 Å². The molecule has 0 aliphatic heterocycles. The van der Waals surface area contributed by atoms with E-state index in [2.05, 4.69) is 26.2 Å². The van der Waals surface area contributed by atoms with Crippen LogP contribution >= 0.6 is 15.9 Å². The van der Waals surface area contributed by atoms with E-state index in [1.165, 1.54) is 0 Å². The fourth-order valence-corrected chi connectivity index (χ4v) is 2.70. The number of para-hydroxylation sites is 1. The van der Waals surface area contributed by atoms with Crippen LogP contribution < -0.4 is 5.32 Å². The minimum Gasteiger partial charge on any atom is -0.452 e. The number of nitrogens with one attached hydrogen (secondary N) is 2. The molecule has 1 aromatic heterocycles. The molecule has 0 spiro atoms. The Bertz CT molecular complexity index is 918. The SMILES string of the molecule is Cc1ccc(NC(=O)COC(=O)c2c[nH]c3ccccc23)cc1Br. The minimum atomic E-state index is -0.535. The van der Waals surface area contributed by atoms with Gasteiger partial charge >= 0.3 is 5.97 Å². The monoisotopic (exact) mass is 386 g/mol. The predicted molar refractivity (Wildman–Crippen MR) is 96.1 cm³/mol. The molecule has 0 radical (unpaired) electrons. The van der Waals surface area contributed by atoms with Gasteiger partial charge in [0.15, 0.2) is 6.61 Å². The van der Waals surface area contributed by atoms with Gasteiger partial charge in [-0.25, -0.2) is 4.79 Å². The highest BCUT2D eigenvalue weighted by atomic mass is 79.9. The second kappa shape index (κ2) is 6.88. The van der Waals surface area contributed by atoms with Gasteiger partial charge in [0.1, 0.15) is 0 Å². The first-order valence-corrected chi connectivity index (χ1v) is 8.13. The Morgan fingerprint density at radius 1 is 1.21 bits per heavy atom. The van der Waals surface area contributed by atoms with Crippen molar-refractivity contribution in [2.75, 3.05) is 11.9 Å². The molecule has 1 heterocycles. The smallest absolute Gasteiger partial charge is 0.340 e. The van der Waals surface area contributed by atoms with Crippen molar-refractivity contribution in [2.45, 2.75) is 6.92 Å². The minimum absolute atomic E-state index is 0.343. The molecule has 0 aliphatic carbocycles. The molecule has 0 aliphatic rings. The van der Waals surface area contributed by atoms with Gasteiger partial charge in [-0.1, -0.05) is 40.2 Å². The molecule has 0 bridgehead atoms. The van der Waals surface area contributed by atoms with Crippen molar-refractivity contribution >= 4 is 44.4 Å². The van der Waals surface area contributed by atoms with E-state index in [4.69, 9.17) is 4.74 Å². The summed E-state index contributed by atoms with van der Waals surface area (Å²) in [6, 6.07) is 12.9. The van der Waals surface area contributed by atoms with Gasteiger partial charge < -0.3 is 15.0 Å². The number of aromatic amines is 1. The number of hydrogen-bond acceptors (Lipinski definition) is 3. The van der Waals surface area contributed by atoms with Gasteiger partial charge in [0.25, 0.3) is 5.91 Å². The van der Waals surface area contributed by atoms with Crippen molar-refractivity contribution in [3.05, 3.63) is 64.3 Å². The molecule has 0 saturated carbocycles. The maximum atomic E-state index is 12.1. The third kappa shape index (κ3) is 3.49. The summed E-state index contributed by atoms with van der Waals surface area (Å²) in [5, 5.41) is 3.46. The quantitative estimate of drug-likeness (QED) is 0.664. The Morgan fingerprint density at radius 2 is 2.00 bits per heavy atom. The second-order valence-electron chi connectivity index (χ2n) is 5.34. The third-order valence-electron chi connectivity index (χ3n) is 3.60. The van der Waals surface area contributed by atoms with E-state index < -0.39 is 5.97 Å². The number of carbonyl (C=O) groups is 2. The molecule has 0 fully saturated rings. The van der Waals surface area contributed by atoms with Gasteiger partial charge in [0.2, 0.25) is 0 Å². The number of esters is 1. The predicted octanol–water partition coefficient (Wildman–Crippen LogP) is 4.03. The van der Waals surface area contributed by atoms with Gasteiger partial charge in [-0.05, 0) is 30.7 Å². The molecule has 0 atom stereocenters. The molecule has 1 amide bonds. The van der Waals surface area contributed by atoms with Crippen LogP contribution in [0.25, 0.3) is 10.9 Å². The molecule has 2 aromatic carbocycles. The van der Waals surface area contributed by atoms with E-state index in [9.17, 15) is 9.59 Å². The van der Waals surface area contributed by atoms with Gasteiger partial charge in [-0.3, -0.25) is 4.79 Å². The molecule has 0 unspecified atom stereocenters. The summed E-state index contributed by atoms with van der Waals surface area (Å²) in [4.78, 5) is 27.1. The fourth-order valence-electron chi connectivity index (χ4n) is 2.32. The Morgan fingerprint density at radius 3 is 2.79 bits per heavy atom. The van der Waals surface area contributed by atoms with E-state index in [0.29, 0.717) is 11.3 Å². The first-order chi connectivity index (χ1) is 11.5. The summed E-state index contributed by atoms with van der Waals surface area (Å²) in [6.45, 7) is 1.61. The van der Waals surface area contributed by atoms with Crippen LogP contribution in [-0.2, 0) is 9.53 Å². The number of halogens is 1. The number of aryl methyl sites for hydroxylation is 1. The largest absolute Gasteiger partial charge is 0.452 e. The van der Waals surface area contributed by atoms with Crippen LogP contribution in [0.1, 0.15) is 15.9 Å². The molecular formula is C18H15BrN2O3. The van der Waals surface area contributed by atoms with Crippen LogP contribution in [0.4, 0.5) is 5.69 Å². The third-order valence-corrected chi connectivity index (χ3v) is 4.45. The molecular weight excluding hydrogens is 372 g/mol. The van der Waals surface area contributed by atoms with Crippen LogP contribution in [0, 0.1) is 6.92 Å². The van der Waals surface area contributed by atoms with Gasteiger partial charge in [0.05, 0.1) is 5.56 Å². The molecule has 2 N–H and O–H groups in total. The lowest BCUT2D eigenvalue weighted by Gasteiger charge is -2.07. The zero-order valence-electron chi connectivity index (χ0n) is 12.9. The van der Waals surface area contributed by atoms with E-state index in [0.717, 1.165) is 20.9 Å². The number of carbonyl (C=O) groups excluding carboxylic acids is 2.